The number of hydrogen-bond acceptors (Lipinski definition) is 10. The molecule has 2 saturated heterocycles. The Morgan fingerprint density at radius 1 is 1.06 bits per heavy atom. The Morgan fingerprint density at radius 2 is 1.94 bits per heavy atom. The zero-order valence-electron chi connectivity index (χ0n) is 20.4. The summed E-state index contributed by atoms with van der Waals surface area (Å²) in [5.74, 6) is 3.75. The quantitative estimate of drug-likeness (QED) is 0.415. The van der Waals surface area contributed by atoms with E-state index in [1.54, 1.807) is 6.20 Å². The number of aryl methyl sites for hydroxylation is 2. The molecule has 0 aromatic carbocycles. The van der Waals surface area contributed by atoms with Gasteiger partial charge in [0.2, 0.25) is 5.95 Å². The van der Waals surface area contributed by atoms with Crippen LogP contribution in [0.2, 0.25) is 0 Å². The summed E-state index contributed by atoms with van der Waals surface area (Å²) in [6, 6.07) is 9.87. The number of hydrogen-bond donors (Lipinski definition) is 2. The van der Waals surface area contributed by atoms with Gasteiger partial charge in [0, 0.05) is 61.0 Å². The van der Waals surface area contributed by atoms with E-state index in [0.717, 1.165) is 72.5 Å². The first-order chi connectivity index (χ1) is 17.6. The van der Waals surface area contributed by atoms with Crippen LogP contribution in [0.5, 0.6) is 0 Å². The van der Waals surface area contributed by atoms with Gasteiger partial charge in [-0.25, -0.2) is 0 Å². The van der Waals surface area contributed by atoms with E-state index in [9.17, 15) is 0 Å². The van der Waals surface area contributed by atoms with Gasteiger partial charge in [-0.15, -0.1) is 0 Å². The zero-order chi connectivity index (χ0) is 24.5. The van der Waals surface area contributed by atoms with E-state index in [-0.39, 0.29) is 6.04 Å². The van der Waals surface area contributed by atoms with E-state index >= 15 is 0 Å². The summed E-state index contributed by atoms with van der Waals surface area (Å²) in [5.41, 5.74) is 3.67. The van der Waals surface area contributed by atoms with Crippen LogP contribution >= 0.6 is 0 Å². The molecule has 0 aliphatic carbocycles. The molecular weight excluding hydrogens is 458 g/mol. The smallest absolute Gasteiger partial charge is 0.229 e. The van der Waals surface area contributed by atoms with Gasteiger partial charge in [0.25, 0.3) is 0 Å². The van der Waals surface area contributed by atoms with Crippen molar-refractivity contribution in [1.29, 1.82) is 0 Å². The summed E-state index contributed by atoms with van der Waals surface area (Å²) in [4.78, 5) is 18.7. The second kappa shape index (κ2) is 9.57. The fraction of sp³-hybridized carbons (Fsp3) is 0.400. The van der Waals surface area contributed by atoms with E-state index in [0.29, 0.717) is 25.0 Å². The van der Waals surface area contributed by atoms with Crippen LogP contribution < -0.4 is 15.1 Å². The predicted octanol–water partition coefficient (Wildman–Crippen LogP) is 3.79. The molecule has 2 N–H and O–H groups in total. The van der Waals surface area contributed by atoms with Crippen molar-refractivity contribution in [2.45, 2.75) is 32.7 Å². The maximum atomic E-state index is 5.85. The molecule has 2 aliphatic heterocycles. The van der Waals surface area contributed by atoms with E-state index in [2.05, 4.69) is 35.5 Å². The van der Waals surface area contributed by atoms with E-state index < -0.39 is 0 Å². The van der Waals surface area contributed by atoms with Gasteiger partial charge in [-0.05, 0) is 38.8 Å². The van der Waals surface area contributed by atoms with E-state index in [1.807, 2.05) is 44.2 Å². The molecule has 11 heteroatoms. The molecule has 0 amide bonds. The molecule has 0 unspecified atom stereocenters. The van der Waals surface area contributed by atoms with Gasteiger partial charge in [-0.1, -0.05) is 5.16 Å². The molecule has 11 nitrogen and oxygen atoms in total. The Balaban J connectivity index is 1.33. The van der Waals surface area contributed by atoms with Crippen molar-refractivity contribution in [3.05, 3.63) is 53.7 Å². The molecular formula is C25H29N9O2. The molecule has 4 aromatic heterocycles. The number of morpholine rings is 1. The molecule has 4 aromatic rings. The summed E-state index contributed by atoms with van der Waals surface area (Å²) < 4.78 is 11.4. The monoisotopic (exact) mass is 487 g/mol. The minimum Gasteiger partial charge on any atom is -0.378 e. The van der Waals surface area contributed by atoms with Crippen LogP contribution in [-0.2, 0) is 4.74 Å². The Labute approximate surface area is 208 Å². The molecule has 36 heavy (non-hydrogen) atoms. The average Bonchev–Trinajstić information content (AvgIpc) is 3.66. The van der Waals surface area contributed by atoms with Gasteiger partial charge in [0.1, 0.15) is 17.3 Å². The van der Waals surface area contributed by atoms with Crippen LogP contribution in [-0.4, -0.2) is 63.2 Å². The minimum absolute atomic E-state index is 0.00337. The van der Waals surface area contributed by atoms with Crippen molar-refractivity contribution in [2.24, 2.45) is 0 Å². The SMILES string of the molecule is Cc1cc(Nc2cc(N3CCOCC3)nc(N3CCC[C@H]3c3cc(-c4cccnc4C)no3)n2)n[nH]1. The first-order valence-corrected chi connectivity index (χ1v) is 12.3. The van der Waals surface area contributed by atoms with Crippen LogP contribution in [0.3, 0.4) is 0 Å². The number of aromatic amines is 1. The second-order valence-electron chi connectivity index (χ2n) is 9.17. The lowest BCUT2D eigenvalue weighted by Crippen LogP contribution is -2.37. The molecule has 186 valence electrons. The summed E-state index contributed by atoms with van der Waals surface area (Å²) in [5, 5.41) is 15.0. The number of aromatic nitrogens is 6. The topological polar surface area (TPSA) is 121 Å². The normalized spacial score (nSPS) is 18.1. The Hall–Kier alpha value is -3.99. The molecule has 1 atom stereocenters. The summed E-state index contributed by atoms with van der Waals surface area (Å²) >= 11 is 0. The number of anilines is 4. The highest BCUT2D eigenvalue weighted by molar-refractivity contribution is 5.63. The summed E-state index contributed by atoms with van der Waals surface area (Å²) in [7, 11) is 0. The minimum atomic E-state index is 0.00337. The van der Waals surface area contributed by atoms with Gasteiger partial charge in [0.05, 0.1) is 19.3 Å². The molecule has 6 heterocycles. The Bertz CT molecular complexity index is 1340. The van der Waals surface area contributed by atoms with Crippen LogP contribution in [0.25, 0.3) is 11.3 Å². The molecule has 0 bridgehead atoms. The van der Waals surface area contributed by atoms with E-state index in [1.165, 1.54) is 0 Å². The number of rotatable bonds is 6. The van der Waals surface area contributed by atoms with Crippen LogP contribution in [0.15, 0.2) is 41.1 Å². The van der Waals surface area contributed by atoms with Crippen molar-refractivity contribution in [3.63, 3.8) is 0 Å². The first-order valence-electron chi connectivity index (χ1n) is 12.3. The third-order valence-electron chi connectivity index (χ3n) is 6.65. The van der Waals surface area contributed by atoms with Crippen molar-refractivity contribution < 1.29 is 9.26 Å². The second-order valence-corrected chi connectivity index (χ2v) is 9.17. The van der Waals surface area contributed by atoms with Crippen molar-refractivity contribution in [1.82, 2.24) is 30.3 Å². The molecule has 0 spiro atoms. The maximum Gasteiger partial charge on any atom is 0.229 e. The Kier molecular flexibility index (Phi) is 5.98. The maximum absolute atomic E-state index is 5.85. The summed E-state index contributed by atoms with van der Waals surface area (Å²) in [6.07, 6.45) is 3.74. The number of ether oxygens (including phenoxy) is 1. The van der Waals surface area contributed by atoms with Gasteiger partial charge >= 0.3 is 0 Å². The van der Waals surface area contributed by atoms with Crippen LogP contribution in [0.4, 0.5) is 23.4 Å². The molecule has 2 fully saturated rings. The Morgan fingerprint density at radius 3 is 2.75 bits per heavy atom. The van der Waals surface area contributed by atoms with Crippen LogP contribution in [0, 0.1) is 13.8 Å². The van der Waals surface area contributed by atoms with E-state index in [4.69, 9.17) is 19.2 Å². The van der Waals surface area contributed by atoms with Gasteiger partial charge in [-0.2, -0.15) is 15.1 Å². The molecule has 2 aliphatic rings. The van der Waals surface area contributed by atoms with Crippen molar-refractivity contribution in [2.75, 3.05) is 48.0 Å². The average molecular weight is 488 g/mol. The molecule has 0 saturated carbocycles. The fourth-order valence-corrected chi connectivity index (χ4v) is 4.81. The lowest BCUT2D eigenvalue weighted by molar-refractivity contribution is 0.122. The molecule has 6 rings (SSSR count). The highest BCUT2D eigenvalue weighted by Crippen LogP contribution is 2.37. The summed E-state index contributed by atoms with van der Waals surface area (Å²) in [6.45, 7) is 7.72. The lowest BCUT2D eigenvalue weighted by Gasteiger charge is -2.30. The van der Waals surface area contributed by atoms with Crippen molar-refractivity contribution in [3.8, 4) is 11.3 Å². The zero-order valence-corrected chi connectivity index (χ0v) is 20.4. The largest absolute Gasteiger partial charge is 0.378 e. The fourth-order valence-electron chi connectivity index (χ4n) is 4.81. The van der Waals surface area contributed by atoms with Crippen molar-refractivity contribution >= 4 is 23.4 Å². The number of pyridine rings is 1. The van der Waals surface area contributed by atoms with Gasteiger partial charge in [0.15, 0.2) is 11.6 Å². The third kappa shape index (κ3) is 4.49. The number of nitrogens with zero attached hydrogens (tertiary/aromatic N) is 7. The number of H-pyrrole nitrogens is 1. The van der Waals surface area contributed by atoms with Gasteiger partial charge < -0.3 is 24.4 Å². The lowest BCUT2D eigenvalue weighted by atomic mass is 10.1. The third-order valence-corrected chi connectivity index (χ3v) is 6.65. The van der Waals surface area contributed by atoms with Crippen LogP contribution in [0.1, 0.15) is 36.0 Å². The molecule has 0 radical (unpaired) electrons. The number of nitrogens with one attached hydrogen (secondary N) is 2. The first kappa shape index (κ1) is 22.5. The highest BCUT2D eigenvalue weighted by Gasteiger charge is 2.32. The standard InChI is InChI=1S/C25H29N9O2/c1-16-13-23(31-30-16)27-22-15-24(33-9-11-35-12-10-33)29-25(28-22)34-8-4-6-20(34)21-14-19(32-36-21)18-5-3-7-26-17(18)2/h3,5,7,13-15,20H,4,6,8-12H2,1-2H3,(H2,27,28,29,30,31)/t20-/m0/s1. The predicted molar refractivity (Wildman–Crippen MR) is 135 cm³/mol. The highest BCUT2D eigenvalue weighted by atomic mass is 16.5. The van der Waals surface area contributed by atoms with Gasteiger partial charge in [-0.3, -0.25) is 10.1 Å².